The van der Waals surface area contributed by atoms with Gasteiger partial charge >= 0.3 is 0 Å². The van der Waals surface area contributed by atoms with Crippen LogP contribution < -0.4 is 5.32 Å². The van der Waals surface area contributed by atoms with Gasteiger partial charge in [-0.15, -0.1) is 0 Å². The van der Waals surface area contributed by atoms with Crippen molar-refractivity contribution in [1.82, 2.24) is 5.32 Å². The molecule has 1 aromatic rings. The first kappa shape index (κ1) is 14.3. The van der Waals surface area contributed by atoms with Crippen molar-refractivity contribution in [3.8, 4) is 0 Å². The van der Waals surface area contributed by atoms with Gasteiger partial charge in [-0.3, -0.25) is 9.79 Å². The average Bonchev–Trinajstić information content (AvgIpc) is 3.06. The molecular weight excluding hydrogens is 294 g/mol. The van der Waals surface area contributed by atoms with Crippen LogP contribution in [0.3, 0.4) is 0 Å². The van der Waals surface area contributed by atoms with Crippen molar-refractivity contribution in [3.05, 3.63) is 40.3 Å². The molecule has 3 rings (SSSR count). The van der Waals surface area contributed by atoms with Gasteiger partial charge in [-0.25, -0.2) is 8.78 Å². The number of carbonyl (C=O) groups is 1. The molecule has 0 spiro atoms. The molecule has 1 aliphatic carbocycles. The zero-order chi connectivity index (χ0) is 14.8. The number of nitrogens with one attached hydrogen (secondary N) is 1. The fraction of sp³-hybridized carbons (Fsp3) is 0.333. The molecular formula is C15H14F2N2OS. The maximum Gasteiger partial charge on any atom is 0.264 e. The molecule has 1 saturated heterocycles. The summed E-state index contributed by atoms with van der Waals surface area (Å²) in [6.07, 6.45) is 5.76. The quantitative estimate of drug-likeness (QED) is 0.850. The molecule has 110 valence electrons. The number of benzene rings is 1. The van der Waals surface area contributed by atoms with Gasteiger partial charge in [-0.2, -0.15) is 0 Å². The zero-order valence-electron chi connectivity index (χ0n) is 11.2. The van der Waals surface area contributed by atoms with E-state index in [0.29, 0.717) is 10.1 Å². The van der Waals surface area contributed by atoms with Gasteiger partial charge in [0.1, 0.15) is 0 Å². The number of nitrogens with zero attached hydrogens (tertiary/aromatic N) is 1. The Morgan fingerprint density at radius 2 is 2.05 bits per heavy atom. The Morgan fingerprint density at radius 1 is 1.29 bits per heavy atom. The number of thioether (sulfide) groups is 1. The lowest BCUT2D eigenvalue weighted by atomic mass is 10.2. The summed E-state index contributed by atoms with van der Waals surface area (Å²) in [6, 6.07) is 4.16. The van der Waals surface area contributed by atoms with Crippen molar-refractivity contribution < 1.29 is 13.6 Å². The van der Waals surface area contributed by atoms with E-state index in [4.69, 9.17) is 0 Å². The standard InChI is InChI=1S/C15H14F2N2OS/c16-11-7-3-4-9(13(11)17)8-12-14(20)19-15(21-12)18-10-5-1-2-6-10/h3-4,7-8,10H,1-2,5-6H2,(H,18,19,20). The van der Waals surface area contributed by atoms with Crippen LogP contribution >= 0.6 is 11.8 Å². The Kier molecular flexibility index (Phi) is 4.05. The van der Waals surface area contributed by atoms with Crippen molar-refractivity contribution in [3.63, 3.8) is 0 Å². The van der Waals surface area contributed by atoms with E-state index < -0.39 is 11.6 Å². The SMILES string of the molecule is O=C1NC(=NC2CCCC2)SC1=Cc1cccc(F)c1F. The predicted molar refractivity (Wildman–Crippen MR) is 79.8 cm³/mol. The molecule has 0 atom stereocenters. The van der Waals surface area contributed by atoms with Crippen LogP contribution in [0.4, 0.5) is 8.78 Å². The molecule has 0 aromatic heterocycles. The van der Waals surface area contributed by atoms with Gasteiger partial charge in [0, 0.05) is 5.56 Å². The second kappa shape index (κ2) is 5.97. The number of amidine groups is 1. The summed E-state index contributed by atoms with van der Waals surface area (Å²) in [6.45, 7) is 0. The molecule has 1 saturated carbocycles. The minimum absolute atomic E-state index is 0.0646. The molecule has 6 heteroatoms. The minimum atomic E-state index is -0.945. The third kappa shape index (κ3) is 3.15. The maximum atomic E-state index is 13.6. The summed E-state index contributed by atoms with van der Waals surface area (Å²) in [5.74, 6) is -2.19. The van der Waals surface area contributed by atoms with Gasteiger partial charge < -0.3 is 5.32 Å². The number of halogens is 2. The first-order chi connectivity index (χ1) is 10.1. The molecule has 1 N–H and O–H groups in total. The summed E-state index contributed by atoms with van der Waals surface area (Å²) in [5, 5.41) is 3.23. The van der Waals surface area contributed by atoms with Gasteiger partial charge in [-0.05, 0) is 36.7 Å². The second-order valence-corrected chi connectivity index (χ2v) is 6.11. The monoisotopic (exact) mass is 308 g/mol. The van der Waals surface area contributed by atoms with E-state index >= 15 is 0 Å². The molecule has 0 bridgehead atoms. The van der Waals surface area contributed by atoms with Gasteiger partial charge in [0.15, 0.2) is 16.8 Å². The van der Waals surface area contributed by atoms with Gasteiger partial charge in [-0.1, -0.05) is 25.0 Å². The fourth-order valence-corrected chi connectivity index (χ4v) is 3.34. The van der Waals surface area contributed by atoms with Crippen LogP contribution in [0.2, 0.25) is 0 Å². The highest BCUT2D eigenvalue weighted by Crippen LogP contribution is 2.29. The van der Waals surface area contributed by atoms with E-state index in [2.05, 4.69) is 10.3 Å². The highest BCUT2D eigenvalue weighted by molar-refractivity contribution is 8.18. The number of hydrogen-bond acceptors (Lipinski definition) is 3. The Hall–Kier alpha value is -1.69. The van der Waals surface area contributed by atoms with Crippen LogP contribution in [0.25, 0.3) is 6.08 Å². The lowest BCUT2D eigenvalue weighted by molar-refractivity contribution is -0.115. The van der Waals surface area contributed by atoms with Crippen LogP contribution in [-0.2, 0) is 4.79 Å². The van der Waals surface area contributed by atoms with Gasteiger partial charge in [0.05, 0.1) is 10.9 Å². The van der Waals surface area contributed by atoms with Crippen LogP contribution in [0, 0.1) is 11.6 Å². The molecule has 21 heavy (non-hydrogen) atoms. The van der Waals surface area contributed by atoms with Crippen LogP contribution in [0.15, 0.2) is 28.1 Å². The minimum Gasteiger partial charge on any atom is -0.301 e. The first-order valence-corrected chi connectivity index (χ1v) is 7.68. The number of hydrogen-bond donors (Lipinski definition) is 1. The highest BCUT2D eigenvalue weighted by atomic mass is 32.2. The number of aliphatic imine (C=N–C) groups is 1. The van der Waals surface area contributed by atoms with Crippen LogP contribution in [0.5, 0.6) is 0 Å². The van der Waals surface area contributed by atoms with Crippen LogP contribution in [-0.4, -0.2) is 17.1 Å². The zero-order valence-corrected chi connectivity index (χ0v) is 12.1. The second-order valence-electron chi connectivity index (χ2n) is 5.08. The Labute approximate surface area is 125 Å². The van der Waals surface area contributed by atoms with Gasteiger partial charge in [0.25, 0.3) is 5.91 Å². The largest absolute Gasteiger partial charge is 0.301 e. The summed E-state index contributed by atoms with van der Waals surface area (Å²) in [4.78, 5) is 16.7. The van der Waals surface area contributed by atoms with E-state index in [1.165, 1.54) is 30.0 Å². The lowest BCUT2D eigenvalue weighted by Crippen LogP contribution is -2.21. The third-order valence-corrected chi connectivity index (χ3v) is 4.47. The summed E-state index contributed by atoms with van der Waals surface area (Å²) >= 11 is 1.18. The summed E-state index contributed by atoms with van der Waals surface area (Å²) in [5.41, 5.74) is 0.0646. The molecule has 1 aliphatic heterocycles. The Morgan fingerprint density at radius 3 is 2.81 bits per heavy atom. The third-order valence-electron chi connectivity index (χ3n) is 3.54. The summed E-state index contributed by atoms with van der Waals surface area (Å²) < 4.78 is 26.8. The lowest BCUT2D eigenvalue weighted by Gasteiger charge is -2.02. The van der Waals surface area contributed by atoms with E-state index in [1.54, 1.807) is 0 Å². The van der Waals surface area contributed by atoms with E-state index in [1.807, 2.05) is 0 Å². The Balaban J connectivity index is 1.81. The molecule has 0 unspecified atom stereocenters. The van der Waals surface area contributed by atoms with Crippen molar-refractivity contribution in [2.45, 2.75) is 31.7 Å². The van der Waals surface area contributed by atoms with Crippen molar-refractivity contribution >= 4 is 28.9 Å². The fourth-order valence-electron chi connectivity index (χ4n) is 2.46. The van der Waals surface area contributed by atoms with Gasteiger partial charge in [0.2, 0.25) is 0 Å². The van der Waals surface area contributed by atoms with E-state index in [0.717, 1.165) is 31.7 Å². The Bertz CT molecular complexity index is 637. The normalized spacial score (nSPS) is 23.2. The molecule has 0 radical (unpaired) electrons. The number of carbonyl (C=O) groups excluding carboxylic acids is 1. The maximum absolute atomic E-state index is 13.6. The summed E-state index contributed by atoms with van der Waals surface area (Å²) in [7, 11) is 0. The number of amides is 1. The topological polar surface area (TPSA) is 41.5 Å². The molecule has 3 nitrogen and oxygen atoms in total. The van der Waals surface area contributed by atoms with Crippen molar-refractivity contribution in [2.75, 3.05) is 0 Å². The molecule has 2 fully saturated rings. The van der Waals surface area contributed by atoms with E-state index in [-0.39, 0.29) is 17.5 Å². The molecule has 1 aromatic carbocycles. The average molecular weight is 308 g/mol. The molecule has 1 amide bonds. The van der Waals surface area contributed by atoms with E-state index in [9.17, 15) is 13.6 Å². The predicted octanol–water partition coefficient (Wildman–Crippen LogP) is 3.47. The van der Waals surface area contributed by atoms with Crippen LogP contribution in [0.1, 0.15) is 31.2 Å². The smallest absolute Gasteiger partial charge is 0.264 e. The number of rotatable bonds is 2. The molecule has 1 heterocycles. The van der Waals surface area contributed by atoms with Crippen molar-refractivity contribution in [2.24, 2.45) is 4.99 Å². The van der Waals surface area contributed by atoms with Crippen molar-refractivity contribution in [1.29, 1.82) is 0 Å². The highest BCUT2D eigenvalue weighted by Gasteiger charge is 2.26. The first-order valence-electron chi connectivity index (χ1n) is 6.86. The molecule has 2 aliphatic rings.